The second-order valence-electron chi connectivity index (χ2n) is 9.66. The van der Waals surface area contributed by atoms with Crippen LogP contribution in [0.5, 0.6) is 0 Å². The molecule has 1 heterocycles. The minimum atomic E-state index is -1.26. The van der Waals surface area contributed by atoms with Crippen LogP contribution in [0.2, 0.25) is 0 Å². The average Bonchev–Trinajstić information content (AvgIpc) is 3.22. The van der Waals surface area contributed by atoms with Crippen molar-refractivity contribution in [2.45, 2.75) is 82.8 Å². The molecule has 1 fully saturated rings. The first-order chi connectivity index (χ1) is 17.5. The van der Waals surface area contributed by atoms with Gasteiger partial charge in [-0.1, -0.05) is 41.3 Å². The Morgan fingerprint density at radius 2 is 1.76 bits per heavy atom. The number of Topliss-reactive ketones (excluding diaryl/α,β-unsaturated/α-hetero) is 1. The van der Waals surface area contributed by atoms with Gasteiger partial charge in [0.15, 0.2) is 5.78 Å². The second-order valence-corrected chi connectivity index (χ2v) is 10.6. The topological polar surface area (TPSA) is 157 Å². The van der Waals surface area contributed by atoms with Crippen LogP contribution >= 0.6 is 15.9 Å². The maximum atomic E-state index is 13.5. The summed E-state index contributed by atoms with van der Waals surface area (Å²) in [6.45, 7) is 2.63. The minimum Gasteiger partial charge on any atom is -0.481 e. The number of aromatic amines is 1. The SMILES string of the molecule is CC(=O)N[C@@H](Cc1c[nH]c2cc(Br)ccc12)C(=O)NC1(C(=O)N[C@@H](CCC(=O)O)C(C)=O)CCCCC1. The Hall–Kier alpha value is -3.21. The number of carboxylic acids is 1. The molecule has 1 aromatic heterocycles. The molecule has 0 radical (unpaired) electrons. The molecule has 0 saturated heterocycles. The molecule has 37 heavy (non-hydrogen) atoms. The van der Waals surface area contributed by atoms with Crippen molar-refractivity contribution in [3.05, 3.63) is 34.4 Å². The highest BCUT2D eigenvalue weighted by molar-refractivity contribution is 9.10. The molecule has 11 heteroatoms. The highest BCUT2D eigenvalue weighted by atomic mass is 79.9. The fraction of sp³-hybridized carbons (Fsp3) is 0.500. The van der Waals surface area contributed by atoms with Crippen LogP contribution in [0, 0.1) is 0 Å². The average molecular weight is 577 g/mol. The molecule has 10 nitrogen and oxygen atoms in total. The first-order valence-electron chi connectivity index (χ1n) is 12.4. The molecule has 1 aromatic carbocycles. The normalized spacial score (nSPS) is 16.4. The molecule has 0 aliphatic heterocycles. The van der Waals surface area contributed by atoms with Crippen molar-refractivity contribution in [3.8, 4) is 0 Å². The highest BCUT2D eigenvalue weighted by Crippen LogP contribution is 2.30. The monoisotopic (exact) mass is 576 g/mol. The number of carboxylic acid groups (broad SMARTS) is 1. The van der Waals surface area contributed by atoms with Gasteiger partial charge >= 0.3 is 5.97 Å². The van der Waals surface area contributed by atoms with E-state index in [1.54, 1.807) is 6.20 Å². The van der Waals surface area contributed by atoms with Gasteiger partial charge in [0.25, 0.3) is 0 Å². The van der Waals surface area contributed by atoms with E-state index in [4.69, 9.17) is 5.11 Å². The van der Waals surface area contributed by atoms with Crippen LogP contribution in [-0.2, 0) is 30.4 Å². The molecule has 5 N–H and O–H groups in total. The molecule has 3 rings (SSSR count). The Kier molecular flexibility index (Phi) is 9.47. The lowest BCUT2D eigenvalue weighted by Gasteiger charge is -2.38. The van der Waals surface area contributed by atoms with Crippen LogP contribution in [0.4, 0.5) is 0 Å². The van der Waals surface area contributed by atoms with Crippen molar-refractivity contribution < 1.29 is 29.1 Å². The third-order valence-electron chi connectivity index (χ3n) is 6.79. The minimum absolute atomic E-state index is 0.0361. The van der Waals surface area contributed by atoms with Crippen molar-refractivity contribution in [1.82, 2.24) is 20.9 Å². The van der Waals surface area contributed by atoms with E-state index in [1.807, 2.05) is 18.2 Å². The molecule has 1 saturated carbocycles. The number of carbonyl (C=O) groups is 5. The van der Waals surface area contributed by atoms with Gasteiger partial charge < -0.3 is 26.0 Å². The van der Waals surface area contributed by atoms with Crippen LogP contribution in [0.3, 0.4) is 0 Å². The standard InChI is InChI=1S/C26H33BrN4O6/c1-15(32)20(8-9-23(34)35)30-25(37)26(10-4-3-5-11-26)31-24(36)22(29-16(2)33)12-17-14-28-21-13-18(27)6-7-19(17)21/h6-7,13-14,20,22,28H,3-5,8-12H2,1-2H3,(H,29,33)(H,30,37)(H,31,36)(H,34,35)/t20-,22-/m0/s1. The number of halogens is 1. The predicted molar refractivity (Wildman–Crippen MR) is 141 cm³/mol. The first-order valence-corrected chi connectivity index (χ1v) is 13.2. The molecule has 0 unspecified atom stereocenters. The molecule has 3 amide bonds. The lowest BCUT2D eigenvalue weighted by molar-refractivity contribution is -0.139. The zero-order valence-corrected chi connectivity index (χ0v) is 22.6. The summed E-state index contributed by atoms with van der Waals surface area (Å²) in [4.78, 5) is 65.2. The summed E-state index contributed by atoms with van der Waals surface area (Å²) in [5.41, 5.74) is 0.462. The molecule has 0 bridgehead atoms. The van der Waals surface area contributed by atoms with Gasteiger partial charge in [-0.15, -0.1) is 0 Å². The number of hydrogen-bond donors (Lipinski definition) is 5. The lowest BCUT2D eigenvalue weighted by atomic mass is 9.80. The molecular weight excluding hydrogens is 544 g/mol. The van der Waals surface area contributed by atoms with Gasteiger partial charge in [0.05, 0.1) is 6.04 Å². The van der Waals surface area contributed by atoms with Crippen molar-refractivity contribution in [2.24, 2.45) is 0 Å². The second kappa shape index (κ2) is 12.4. The maximum absolute atomic E-state index is 13.5. The van der Waals surface area contributed by atoms with Gasteiger partial charge in [0.2, 0.25) is 17.7 Å². The first kappa shape index (κ1) is 28.4. The van der Waals surface area contributed by atoms with E-state index >= 15 is 0 Å². The van der Waals surface area contributed by atoms with E-state index in [0.29, 0.717) is 25.7 Å². The number of carbonyl (C=O) groups excluding carboxylic acids is 4. The molecule has 1 aliphatic rings. The molecule has 2 aromatic rings. The van der Waals surface area contributed by atoms with E-state index in [2.05, 4.69) is 36.9 Å². The summed E-state index contributed by atoms with van der Waals surface area (Å²) in [7, 11) is 0. The Labute approximate surface area is 223 Å². The van der Waals surface area contributed by atoms with Crippen LogP contribution in [0.1, 0.15) is 64.4 Å². The van der Waals surface area contributed by atoms with Crippen molar-refractivity contribution in [1.29, 1.82) is 0 Å². The molecule has 200 valence electrons. The Bertz CT molecular complexity index is 1190. The van der Waals surface area contributed by atoms with Crippen LogP contribution in [-0.4, -0.2) is 57.2 Å². The fourth-order valence-corrected chi connectivity index (χ4v) is 5.19. The molecule has 1 aliphatic carbocycles. The van der Waals surface area contributed by atoms with E-state index in [-0.39, 0.29) is 31.0 Å². The van der Waals surface area contributed by atoms with Crippen LogP contribution in [0.15, 0.2) is 28.9 Å². The van der Waals surface area contributed by atoms with Gasteiger partial charge in [-0.2, -0.15) is 0 Å². The number of amides is 3. The maximum Gasteiger partial charge on any atom is 0.303 e. The number of H-pyrrole nitrogens is 1. The van der Waals surface area contributed by atoms with Crippen LogP contribution < -0.4 is 16.0 Å². The summed E-state index contributed by atoms with van der Waals surface area (Å²) in [5.74, 6) is -2.80. The third-order valence-corrected chi connectivity index (χ3v) is 7.29. The lowest BCUT2D eigenvalue weighted by Crippen LogP contribution is -2.64. The van der Waals surface area contributed by atoms with Crippen molar-refractivity contribution in [2.75, 3.05) is 0 Å². The summed E-state index contributed by atoms with van der Waals surface area (Å²) < 4.78 is 0.905. The molecule has 2 atom stereocenters. The summed E-state index contributed by atoms with van der Waals surface area (Å²) in [5, 5.41) is 18.2. The predicted octanol–water partition coefficient (Wildman–Crippen LogP) is 2.74. The number of aromatic nitrogens is 1. The van der Waals surface area contributed by atoms with Crippen LogP contribution in [0.25, 0.3) is 10.9 Å². The van der Waals surface area contributed by atoms with Gasteiger partial charge in [0, 0.05) is 41.3 Å². The Morgan fingerprint density at radius 1 is 1.05 bits per heavy atom. The third kappa shape index (κ3) is 7.41. The quantitative estimate of drug-likeness (QED) is 0.276. The van der Waals surface area contributed by atoms with E-state index in [0.717, 1.165) is 27.4 Å². The highest BCUT2D eigenvalue weighted by Gasteiger charge is 2.43. The van der Waals surface area contributed by atoms with Gasteiger partial charge in [-0.25, -0.2) is 0 Å². The zero-order chi connectivity index (χ0) is 27.2. The number of aliphatic carboxylic acids is 1. The number of hydrogen-bond acceptors (Lipinski definition) is 5. The van der Waals surface area contributed by atoms with Crippen molar-refractivity contribution >= 4 is 56.3 Å². The van der Waals surface area contributed by atoms with E-state index < -0.39 is 35.4 Å². The zero-order valence-electron chi connectivity index (χ0n) is 21.0. The van der Waals surface area contributed by atoms with Gasteiger partial charge in [0.1, 0.15) is 11.6 Å². The molecular formula is C26H33BrN4O6. The number of rotatable bonds is 11. The Balaban J connectivity index is 1.82. The number of nitrogens with one attached hydrogen (secondary N) is 4. The van der Waals surface area contributed by atoms with E-state index in [1.165, 1.54) is 13.8 Å². The van der Waals surface area contributed by atoms with Gasteiger partial charge in [-0.3, -0.25) is 24.0 Å². The summed E-state index contributed by atoms with van der Waals surface area (Å²) in [6.07, 6.45) is 4.76. The van der Waals surface area contributed by atoms with Gasteiger partial charge in [-0.05, 0) is 43.9 Å². The molecule has 0 spiro atoms. The largest absolute Gasteiger partial charge is 0.481 e. The summed E-state index contributed by atoms with van der Waals surface area (Å²) >= 11 is 3.44. The number of benzene rings is 1. The smallest absolute Gasteiger partial charge is 0.303 e. The summed E-state index contributed by atoms with van der Waals surface area (Å²) in [6, 6.07) is 3.84. The Morgan fingerprint density at radius 3 is 2.38 bits per heavy atom. The fourth-order valence-electron chi connectivity index (χ4n) is 4.83. The van der Waals surface area contributed by atoms with Crippen molar-refractivity contribution in [3.63, 3.8) is 0 Å². The number of ketones is 1. The van der Waals surface area contributed by atoms with E-state index in [9.17, 15) is 24.0 Å². The number of fused-ring (bicyclic) bond motifs is 1.